The van der Waals surface area contributed by atoms with Gasteiger partial charge in [0.05, 0.1) is 15.2 Å². The fraction of sp³-hybridized carbons (Fsp3) is 0.391. The van der Waals surface area contributed by atoms with Crippen molar-refractivity contribution in [1.29, 1.82) is 0 Å². The fourth-order valence-corrected chi connectivity index (χ4v) is 4.62. The van der Waals surface area contributed by atoms with E-state index in [-0.39, 0.29) is 5.91 Å². The molecule has 0 aliphatic carbocycles. The van der Waals surface area contributed by atoms with Crippen molar-refractivity contribution in [3.63, 3.8) is 0 Å². The van der Waals surface area contributed by atoms with E-state index in [0.717, 1.165) is 61.8 Å². The Bertz CT molecular complexity index is 887. The molecule has 29 heavy (non-hydrogen) atoms. The van der Waals surface area contributed by atoms with Crippen LogP contribution in [0.15, 0.2) is 54.6 Å². The predicted octanol–water partition coefficient (Wildman–Crippen LogP) is 3.84. The third-order valence-electron chi connectivity index (χ3n) is 5.26. The van der Waals surface area contributed by atoms with Gasteiger partial charge in [0.15, 0.2) is 0 Å². The molecule has 0 bridgehead atoms. The van der Waals surface area contributed by atoms with E-state index in [2.05, 4.69) is 16.0 Å². The van der Waals surface area contributed by atoms with Crippen LogP contribution in [0.25, 0.3) is 10.2 Å². The number of hydrogen-bond donors (Lipinski definition) is 0. The van der Waals surface area contributed by atoms with E-state index in [1.54, 1.807) is 11.3 Å². The van der Waals surface area contributed by atoms with E-state index in [0.29, 0.717) is 13.0 Å². The maximum Gasteiger partial charge on any atom is 0.222 e. The van der Waals surface area contributed by atoms with E-state index in [9.17, 15) is 4.79 Å². The van der Waals surface area contributed by atoms with Gasteiger partial charge in [0.2, 0.25) is 5.91 Å². The number of piperazine rings is 1. The third-order valence-corrected chi connectivity index (χ3v) is 6.36. The molecule has 0 atom stereocenters. The van der Waals surface area contributed by atoms with Crippen LogP contribution in [0, 0.1) is 0 Å². The second-order valence-corrected chi connectivity index (χ2v) is 8.43. The number of amides is 1. The zero-order valence-corrected chi connectivity index (χ0v) is 17.4. The molecule has 0 N–H and O–H groups in total. The summed E-state index contributed by atoms with van der Waals surface area (Å²) in [5, 5.41) is 1.13. The largest absolute Gasteiger partial charge is 0.492 e. The van der Waals surface area contributed by atoms with Gasteiger partial charge in [0, 0.05) is 39.1 Å². The third kappa shape index (κ3) is 5.55. The van der Waals surface area contributed by atoms with E-state index < -0.39 is 0 Å². The maximum absolute atomic E-state index is 12.5. The van der Waals surface area contributed by atoms with Crippen molar-refractivity contribution in [2.45, 2.75) is 19.3 Å². The van der Waals surface area contributed by atoms with Gasteiger partial charge in [-0.25, -0.2) is 4.98 Å². The molecule has 0 unspecified atom stereocenters. The Morgan fingerprint density at radius 3 is 2.55 bits per heavy atom. The number of thiazole rings is 1. The van der Waals surface area contributed by atoms with Crippen LogP contribution >= 0.6 is 11.3 Å². The number of aromatic nitrogens is 1. The van der Waals surface area contributed by atoms with Crippen LogP contribution in [-0.2, 0) is 11.2 Å². The summed E-state index contributed by atoms with van der Waals surface area (Å²) in [5.74, 6) is 1.18. The molecule has 1 saturated heterocycles. The molecular weight excluding hydrogens is 382 g/mol. The molecule has 1 amide bonds. The molecule has 152 valence electrons. The summed E-state index contributed by atoms with van der Waals surface area (Å²) in [5.41, 5.74) is 1.06. The fourth-order valence-electron chi connectivity index (χ4n) is 3.61. The second kappa shape index (κ2) is 9.85. The first kappa shape index (κ1) is 19.9. The number of benzene rings is 2. The van der Waals surface area contributed by atoms with E-state index >= 15 is 0 Å². The van der Waals surface area contributed by atoms with Gasteiger partial charge in [-0.05, 0) is 37.1 Å². The quantitative estimate of drug-likeness (QED) is 0.567. The topological polar surface area (TPSA) is 45.7 Å². The van der Waals surface area contributed by atoms with Crippen LogP contribution < -0.4 is 4.74 Å². The number of aryl methyl sites for hydroxylation is 1. The molecular formula is C23H27N3O2S. The highest BCUT2D eigenvalue weighted by molar-refractivity contribution is 7.18. The molecule has 1 aliphatic heterocycles. The Morgan fingerprint density at radius 1 is 1.00 bits per heavy atom. The van der Waals surface area contributed by atoms with Crippen molar-refractivity contribution in [3.05, 3.63) is 59.6 Å². The summed E-state index contributed by atoms with van der Waals surface area (Å²) in [7, 11) is 0. The van der Waals surface area contributed by atoms with E-state index in [4.69, 9.17) is 4.74 Å². The molecule has 0 saturated carbocycles. The average Bonchev–Trinajstić information content (AvgIpc) is 3.18. The van der Waals surface area contributed by atoms with Gasteiger partial charge in [-0.3, -0.25) is 9.69 Å². The maximum atomic E-state index is 12.5. The van der Waals surface area contributed by atoms with Gasteiger partial charge in [0.1, 0.15) is 12.4 Å². The molecule has 1 aromatic heterocycles. The number of carbonyl (C=O) groups excluding carboxylic acids is 1. The van der Waals surface area contributed by atoms with Crippen LogP contribution in [0.2, 0.25) is 0 Å². The molecule has 4 rings (SSSR count). The van der Waals surface area contributed by atoms with Crippen molar-refractivity contribution in [2.24, 2.45) is 0 Å². The van der Waals surface area contributed by atoms with Crippen LogP contribution in [0.5, 0.6) is 5.75 Å². The standard InChI is InChI=1S/C23H27N3O2S/c27-23(12-6-11-22-24-20-9-4-5-10-21(20)29-22)26-15-13-25(14-16-26)17-18-28-19-7-2-1-3-8-19/h1-5,7-10H,6,11-18H2. The van der Waals surface area contributed by atoms with Crippen LogP contribution in [-0.4, -0.2) is 60.0 Å². The number of fused-ring (bicyclic) bond motifs is 1. The van der Waals surface area contributed by atoms with Crippen molar-refractivity contribution >= 4 is 27.5 Å². The molecule has 1 aliphatic rings. The van der Waals surface area contributed by atoms with E-state index in [1.807, 2.05) is 53.4 Å². The van der Waals surface area contributed by atoms with Crippen molar-refractivity contribution in [2.75, 3.05) is 39.3 Å². The molecule has 3 aromatic rings. The number of hydrogen-bond acceptors (Lipinski definition) is 5. The zero-order valence-electron chi connectivity index (χ0n) is 16.6. The van der Waals surface area contributed by atoms with E-state index in [1.165, 1.54) is 4.70 Å². The highest BCUT2D eigenvalue weighted by Gasteiger charge is 2.20. The first-order valence-electron chi connectivity index (χ1n) is 10.3. The minimum Gasteiger partial charge on any atom is -0.492 e. The minimum atomic E-state index is 0.270. The molecule has 5 nitrogen and oxygen atoms in total. The highest BCUT2D eigenvalue weighted by atomic mass is 32.1. The number of rotatable bonds is 8. The summed E-state index contributed by atoms with van der Waals surface area (Å²) in [6, 6.07) is 18.1. The van der Waals surface area contributed by atoms with Crippen LogP contribution in [0.3, 0.4) is 0 Å². The number of nitrogens with zero attached hydrogens (tertiary/aromatic N) is 3. The average molecular weight is 410 g/mol. The Kier molecular flexibility index (Phi) is 6.75. The molecule has 2 aromatic carbocycles. The number of carbonyl (C=O) groups is 1. The summed E-state index contributed by atoms with van der Waals surface area (Å²) < 4.78 is 7.00. The number of ether oxygens (including phenoxy) is 1. The summed E-state index contributed by atoms with van der Waals surface area (Å²) in [4.78, 5) is 21.6. The van der Waals surface area contributed by atoms with Crippen LogP contribution in [0.1, 0.15) is 17.8 Å². The highest BCUT2D eigenvalue weighted by Crippen LogP contribution is 2.22. The van der Waals surface area contributed by atoms with Gasteiger partial charge in [0.25, 0.3) is 0 Å². The molecule has 0 radical (unpaired) electrons. The van der Waals surface area contributed by atoms with Gasteiger partial charge in [-0.15, -0.1) is 11.3 Å². The Hall–Kier alpha value is -2.44. The lowest BCUT2D eigenvalue weighted by Gasteiger charge is -2.34. The first-order chi connectivity index (χ1) is 14.3. The Labute approximate surface area is 175 Å². The molecule has 1 fully saturated rings. The summed E-state index contributed by atoms with van der Waals surface area (Å²) in [6.07, 6.45) is 2.35. The lowest BCUT2D eigenvalue weighted by molar-refractivity contribution is -0.133. The summed E-state index contributed by atoms with van der Waals surface area (Å²) in [6.45, 7) is 5.04. The predicted molar refractivity (Wildman–Crippen MR) is 118 cm³/mol. The lowest BCUT2D eigenvalue weighted by Crippen LogP contribution is -2.49. The first-order valence-corrected chi connectivity index (χ1v) is 11.1. The van der Waals surface area contributed by atoms with Crippen LogP contribution in [0.4, 0.5) is 0 Å². The lowest BCUT2D eigenvalue weighted by atomic mass is 10.2. The van der Waals surface area contributed by atoms with Gasteiger partial charge in [-0.1, -0.05) is 30.3 Å². The number of para-hydroxylation sites is 2. The van der Waals surface area contributed by atoms with Crippen molar-refractivity contribution in [1.82, 2.24) is 14.8 Å². The monoisotopic (exact) mass is 409 g/mol. The SMILES string of the molecule is O=C(CCCc1nc2ccccc2s1)N1CCN(CCOc2ccccc2)CC1. The van der Waals surface area contributed by atoms with Crippen molar-refractivity contribution in [3.8, 4) is 5.75 Å². The minimum absolute atomic E-state index is 0.270. The van der Waals surface area contributed by atoms with Gasteiger partial charge < -0.3 is 9.64 Å². The van der Waals surface area contributed by atoms with Gasteiger partial charge in [-0.2, -0.15) is 0 Å². The Balaban J connectivity index is 1.13. The van der Waals surface area contributed by atoms with Crippen molar-refractivity contribution < 1.29 is 9.53 Å². The summed E-state index contributed by atoms with van der Waals surface area (Å²) >= 11 is 1.74. The second-order valence-electron chi connectivity index (χ2n) is 7.31. The molecule has 0 spiro atoms. The molecule has 2 heterocycles. The zero-order chi connectivity index (χ0) is 19.9. The van der Waals surface area contributed by atoms with Gasteiger partial charge >= 0.3 is 0 Å². The smallest absolute Gasteiger partial charge is 0.222 e. The normalized spacial score (nSPS) is 15.0. The molecule has 6 heteroatoms. The Morgan fingerprint density at radius 2 is 1.76 bits per heavy atom.